The first kappa shape index (κ1) is 24.7. The van der Waals surface area contributed by atoms with E-state index in [0.717, 1.165) is 11.8 Å². The van der Waals surface area contributed by atoms with Crippen LogP contribution in [0.1, 0.15) is 18.4 Å². The summed E-state index contributed by atoms with van der Waals surface area (Å²) < 4.78 is 31.6. The molecule has 2 heterocycles. The first-order valence-corrected chi connectivity index (χ1v) is 12.4. The van der Waals surface area contributed by atoms with Crippen LogP contribution >= 0.6 is 0 Å². The van der Waals surface area contributed by atoms with Crippen LogP contribution in [0, 0.1) is 5.92 Å². The first-order chi connectivity index (χ1) is 15.6. The van der Waals surface area contributed by atoms with E-state index in [1.54, 1.807) is 0 Å². The number of benzene rings is 1. The highest BCUT2D eigenvalue weighted by Crippen LogP contribution is 2.25. The second-order valence-electron chi connectivity index (χ2n) is 8.01. The van der Waals surface area contributed by atoms with E-state index >= 15 is 0 Å². The van der Waals surface area contributed by atoms with Crippen LogP contribution in [0.15, 0.2) is 39.9 Å². The zero-order valence-corrected chi connectivity index (χ0v) is 19.5. The lowest BCUT2D eigenvalue weighted by Gasteiger charge is -2.34. The molecule has 1 saturated heterocycles. The second kappa shape index (κ2) is 10.3. The van der Waals surface area contributed by atoms with Gasteiger partial charge in [0.1, 0.15) is 5.82 Å². The van der Waals surface area contributed by atoms with Gasteiger partial charge >= 0.3 is 5.69 Å². The average Bonchev–Trinajstić information content (AvgIpc) is 2.78. The standard InChI is InChI=1S/C21H29N5O6S/c1-32-12-11-25(20(28)16-9-6-10-24(14-16)33(2,30)31)17-18(22)26(21(29)23-19(17)27)13-15-7-4-3-5-8-15/h3-5,7-8,16H,6,9-14,22H2,1-2H3,(H,23,27,29). The molecule has 1 fully saturated rings. The van der Waals surface area contributed by atoms with Crippen molar-refractivity contribution in [1.82, 2.24) is 13.9 Å². The molecule has 0 saturated carbocycles. The zero-order valence-electron chi connectivity index (χ0n) is 18.7. The van der Waals surface area contributed by atoms with Crippen LogP contribution in [-0.2, 0) is 26.1 Å². The number of nitrogens with two attached hydrogens (primary N) is 1. The van der Waals surface area contributed by atoms with E-state index in [0.29, 0.717) is 19.4 Å². The van der Waals surface area contributed by atoms with Crippen molar-refractivity contribution < 1.29 is 17.9 Å². The summed E-state index contributed by atoms with van der Waals surface area (Å²) in [6, 6.07) is 9.09. The minimum absolute atomic E-state index is 0.0154. The summed E-state index contributed by atoms with van der Waals surface area (Å²) in [5.74, 6) is -1.24. The molecular formula is C21H29N5O6S. The second-order valence-corrected chi connectivity index (χ2v) is 9.99. The highest BCUT2D eigenvalue weighted by atomic mass is 32.2. The Kier molecular flexibility index (Phi) is 7.72. The van der Waals surface area contributed by atoms with Gasteiger partial charge in [-0.1, -0.05) is 30.3 Å². The quantitative estimate of drug-likeness (QED) is 0.533. The van der Waals surface area contributed by atoms with Crippen molar-refractivity contribution in [3.05, 3.63) is 56.7 Å². The van der Waals surface area contributed by atoms with Crippen molar-refractivity contribution in [2.45, 2.75) is 19.4 Å². The Morgan fingerprint density at radius 3 is 2.61 bits per heavy atom. The molecule has 2 aromatic rings. The Morgan fingerprint density at radius 2 is 1.97 bits per heavy atom. The molecule has 1 aromatic heterocycles. The Hall–Kier alpha value is -2.96. The number of carbonyl (C=O) groups is 1. The van der Waals surface area contributed by atoms with Crippen molar-refractivity contribution in [2.24, 2.45) is 5.92 Å². The van der Waals surface area contributed by atoms with Crippen molar-refractivity contribution >= 4 is 27.4 Å². The van der Waals surface area contributed by atoms with E-state index in [4.69, 9.17) is 10.5 Å². The molecule has 1 atom stereocenters. The lowest BCUT2D eigenvalue weighted by atomic mass is 9.98. The van der Waals surface area contributed by atoms with Crippen molar-refractivity contribution in [3.8, 4) is 0 Å². The number of aromatic amines is 1. The number of sulfonamides is 1. The van der Waals surface area contributed by atoms with Gasteiger partial charge < -0.3 is 15.4 Å². The first-order valence-electron chi connectivity index (χ1n) is 10.6. The number of hydrogen-bond acceptors (Lipinski definition) is 7. The van der Waals surface area contributed by atoms with Crippen LogP contribution < -0.4 is 21.9 Å². The molecule has 11 nitrogen and oxygen atoms in total. The van der Waals surface area contributed by atoms with Crippen molar-refractivity contribution in [1.29, 1.82) is 0 Å². The number of H-pyrrole nitrogens is 1. The van der Waals surface area contributed by atoms with Crippen LogP contribution in [0.4, 0.5) is 11.5 Å². The number of ether oxygens (including phenoxy) is 1. The molecule has 0 radical (unpaired) electrons. The minimum Gasteiger partial charge on any atom is -0.383 e. The fourth-order valence-corrected chi connectivity index (χ4v) is 4.85. The number of hydrogen-bond donors (Lipinski definition) is 2. The van der Waals surface area contributed by atoms with Gasteiger partial charge in [0.15, 0.2) is 5.69 Å². The highest BCUT2D eigenvalue weighted by Gasteiger charge is 2.35. The lowest BCUT2D eigenvalue weighted by molar-refractivity contribution is -0.123. The zero-order chi connectivity index (χ0) is 24.2. The van der Waals surface area contributed by atoms with Crippen LogP contribution in [0.2, 0.25) is 0 Å². The van der Waals surface area contributed by atoms with E-state index in [1.165, 1.54) is 20.9 Å². The maximum Gasteiger partial charge on any atom is 0.330 e. The molecule has 3 N–H and O–H groups in total. The Bertz CT molecular complexity index is 1210. The van der Waals surface area contributed by atoms with Gasteiger partial charge in [-0.15, -0.1) is 0 Å². The van der Waals surface area contributed by atoms with E-state index in [2.05, 4.69) is 4.98 Å². The summed E-state index contributed by atoms with van der Waals surface area (Å²) in [4.78, 5) is 42.2. The maximum absolute atomic E-state index is 13.5. The third-order valence-electron chi connectivity index (χ3n) is 5.65. The summed E-state index contributed by atoms with van der Waals surface area (Å²) in [5, 5.41) is 0. The molecule has 0 spiro atoms. The molecule has 1 unspecified atom stereocenters. The van der Waals surface area contributed by atoms with Gasteiger partial charge in [-0.25, -0.2) is 17.5 Å². The number of rotatable bonds is 8. The number of methoxy groups -OCH3 is 1. The Balaban J connectivity index is 2.01. The average molecular weight is 480 g/mol. The van der Waals surface area contributed by atoms with Gasteiger partial charge in [0.2, 0.25) is 15.9 Å². The molecule has 3 rings (SSSR count). The maximum atomic E-state index is 13.5. The van der Waals surface area contributed by atoms with Crippen LogP contribution in [0.3, 0.4) is 0 Å². The molecular weight excluding hydrogens is 450 g/mol. The van der Waals surface area contributed by atoms with Gasteiger partial charge in [-0.05, 0) is 18.4 Å². The minimum atomic E-state index is -3.46. The Labute approximate surface area is 191 Å². The fourth-order valence-electron chi connectivity index (χ4n) is 3.94. The summed E-state index contributed by atoms with van der Waals surface area (Å²) in [6.45, 7) is 0.591. The van der Waals surface area contributed by atoms with Crippen LogP contribution in [-0.4, -0.2) is 67.8 Å². The summed E-state index contributed by atoms with van der Waals surface area (Å²) in [5.41, 5.74) is 5.43. The molecule has 0 aliphatic carbocycles. The summed E-state index contributed by atoms with van der Waals surface area (Å²) in [7, 11) is -2.01. The monoisotopic (exact) mass is 479 g/mol. The number of nitrogens with zero attached hydrogens (tertiary/aromatic N) is 3. The number of anilines is 2. The smallest absolute Gasteiger partial charge is 0.330 e. The van der Waals surface area contributed by atoms with Gasteiger partial charge in [0, 0.05) is 26.7 Å². The number of nitrogens with one attached hydrogen (secondary N) is 1. The van der Waals surface area contributed by atoms with Gasteiger partial charge in [0.05, 0.1) is 25.3 Å². The molecule has 0 bridgehead atoms. The molecule has 180 valence electrons. The molecule has 12 heteroatoms. The lowest BCUT2D eigenvalue weighted by Crippen LogP contribution is -2.49. The third-order valence-corrected chi connectivity index (χ3v) is 6.92. The van der Waals surface area contributed by atoms with Gasteiger partial charge in [-0.3, -0.25) is 19.1 Å². The molecule has 1 aliphatic heterocycles. The highest BCUT2D eigenvalue weighted by molar-refractivity contribution is 7.88. The van der Waals surface area contributed by atoms with Crippen molar-refractivity contribution in [3.63, 3.8) is 0 Å². The number of aromatic nitrogens is 2. The molecule has 33 heavy (non-hydrogen) atoms. The number of amides is 1. The number of piperidine rings is 1. The number of carbonyl (C=O) groups excluding carboxylic acids is 1. The Morgan fingerprint density at radius 1 is 1.27 bits per heavy atom. The largest absolute Gasteiger partial charge is 0.383 e. The molecule has 1 aliphatic rings. The predicted octanol–water partition coefficient (Wildman–Crippen LogP) is -0.182. The van der Waals surface area contributed by atoms with E-state index in [-0.39, 0.29) is 37.7 Å². The molecule has 1 amide bonds. The van der Waals surface area contributed by atoms with Crippen LogP contribution in [0.5, 0.6) is 0 Å². The third kappa shape index (κ3) is 5.70. The van der Waals surface area contributed by atoms with E-state index in [1.807, 2.05) is 30.3 Å². The van der Waals surface area contributed by atoms with Gasteiger partial charge in [0.25, 0.3) is 5.56 Å². The van der Waals surface area contributed by atoms with E-state index in [9.17, 15) is 22.8 Å². The van der Waals surface area contributed by atoms with Crippen LogP contribution in [0.25, 0.3) is 0 Å². The number of nitrogen functional groups attached to an aromatic ring is 1. The topological polar surface area (TPSA) is 148 Å². The molecule has 1 aromatic carbocycles. The fraction of sp³-hybridized carbons (Fsp3) is 0.476. The normalized spacial score (nSPS) is 17.1. The SMILES string of the molecule is COCCN(C(=O)C1CCCN(S(C)(=O)=O)C1)c1c(N)n(Cc2ccccc2)c(=O)[nH]c1=O. The summed E-state index contributed by atoms with van der Waals surface area (Å²) >= 11 is 0. The van der Waals surface area contributed by atoms with Crippen molar-refractivity contribution in [2.75, 3.05) is 50.2 Å². The predicted molar refractivity (Wildman–Crippen MR) is 125 cm³/mol. The van der Waals surface area contributed by atoms with Gasteiger partial charge in [-0.2, -0.15) is 0 Å². The summed E-state index contributed by atoms with van der Waals surface area (Å²) in [6.07, 6.45) is 2.08. The van der Waals surface area contributed by atoms with E-state index < -0.39 is 33.1 Å².